The Morgan fingerprint density at radius 2 is 1.43 bits per heavy atom. The molecule has 0 radical (unpaired) electrons. The molecule has 0 aliphatic heterocycles. The third-order valence-corrected chi connectivity index (χ3v) is 4.33. The minimum Gasteiger partial charge on any atom is -0.469 e. The van der Waals surface area contributed by atoms with Crippen molar-refractivity contribution in [3.05, 3.63) is 24.3 Å². The van der Waals surface area contributed by atoms with Crippen molar-refractivity contribution in [3.8, 4) is 0 Å². The molecule has 2 heteroatoms. The Bertz CT molecular complexity index is 318. The predicted molar refractivity (Wildman–Crippen MR) is 101 cm³/mol. The second kappa shape index (κ2) is 17.3. The van der Waals surface area contributed by atoms with E-state index in [1.807, 2.05) is 0 Å². The van der Waals surface area contributed by atoms with Gasteiger partial charge in [-0.25, -0.2) is 0 Å². The number of ether oxygens (including phenoxy) is 1. The highest BCUT2D eigenvalue weighted by molar-refractivity contribution is 5.68. The van der Waals surface area contributed by atoms with Crippen LogP contribution in [-0.2, 0) is 9.53 Å². The maximum absolute atomic E-state index is 10.9. The number of hydrogen-bond acceptors (Lipinski definition) is 2. The van der Waals surface area contributed by atoms with Crippen LogP contribution in [0.5, 0.6) is 0 Å². The Hall–Kier alpha value is -1.05. The van der Waals surface area contributed by atoms with Crippen LogP contribution in [0.4, 0.5) is 0 Å². The minimum atomic E-state index is -0.110. The van der Waals surface area contributed by atoms with Crippen LogP contribution in [0, 0.1) is 5.92 Å². The van der Waals surface area contributed by atoms with E-state index in [0.717, 1.165) is 31.6 Å². The first-order valence-electron chi connectivity index (χ1n) is 9.57. The van der Waals surface area contributed by atoms with Crippen molar-refractivity contribution in [1.82, 2.24) is 0 Å². The van der Waals surface area contributed by atoms with E-state index in [9.17, 15) is 4.79 Å². The van der Waals surface area contributed by atoms with Gasteiger partial charge in [0.15, 0.2) is 0 Å². The molecule has 0 spiro atoms. The molecule has 2 nitrogen and oxygen atoms in total. The summed E-state index contributed by atoms with van der Waals surface area (Å²) in [5.41, 5.74) is 0. The van der Waals surface area contributed by atoms with Gasteiger partial charge in [-0.05, 0) is 44.4 Å². The largest absolute Gasteiger partial charge is 0.469 e. The SMILES string of the molecule is CC[C@@H](C)CCCCCC/C=C\CC/C=C\CCCC(=O)OC. The van der Waals surface area contributed by atoms with Gasteiger partial charge in [-0.3, -0.25) is 4.79 Å². The lowest BCUT2D eigenvalue weighted by Gasteiger charge is -2.06. The molecule has 0 saturated heterocycles. The zero-order chi connectivity index (χ0) is 17.2. The van der Waals surface area contributed by atoms with Gasteiger partial charge in [-0.1, -0.05) is 70.3 Å². The van der Waals surface area contributed by atoms with Crippen LogP contribution in [-0.4, -0.2) is 13.1 Å². The highest BCUT2D eigenvalue weighted by Crippen LogP contribution is 2.13. The Morgan fingerprint density at radius 1 is 0.870 bits per heavy atom. The maximum Gasteiger partial charge on any atom is 0.305 e. The number of allylic oxidation sites excluding steroid dienone is 4. The van der Waals surface area contributed by atoms with E-state index in [1.54, 1.807) is 0 Å². The standard InChI is InChI=1S/C21H38O2/c1-4-20(2)18-16-14-12-10-8-6-5-7-9-11-13-15-17-19-21(22)23-3/h5-6,11,13,20H,4,7-10,12,14-19H2,1-3H3/b6-5-,13-11-/t20-/m1/s1. The molecule has 23 heavy (non-hydrogen) atoms. The maximum atomic E-state index is 10.9. The van der Waals surface area contributed by atoms with Crippen molar-refractivity contribution in [3.63, 3.8) is 0 Å². The fourth-order valence-electron chi connectivity index (χ4n) is 2.44. The van der Waals surface area contributed by atoms with Crippen LogP contribution in [0.15, 0.2) is 24.3 Å². The van der Waals surface area contributed by atoms with E-state index in [0.29, 0.717) is 6.42 Å². The van der Waals surface area contributed by atoms with Crippen molar-refractivity contribution in [2.24, 2.45) is 5.92 Å². The van der Waals surface area contributed by atoms with Gasteiger partial charge >= 0.3 is 5.97 Å². The van der Waals surface area contributed by atoms with Crippen molar-refractivity contribution in [2.75, 3.05) is 7.11 Å². The summed E-state index contributed by atoms with van der Waals surface area (Å²) in [5, 5.41) is 0. The average molecular weight is 323 g/mol. The fraction of sp³-hybridized carbons (Fsp3) is 0.762. The molecule has 0 aromatic heterocycles. The Kier molecular flexibility index (Phi) is 16.5. The van der Waals surface area contributed by atoms with Crippen LogP contribution < -0.4 is 0 Å². The van der Waals surface area contributed by atoms with Crippen molar-refractivity contribution in [2.45, 2.75) is 90.9 Å². The van der Waals surface area contributed by atoms with E-state index < -0.39 is 0 Å². The molecule has 0 fully saturated rings. The van der Waals surface area contributed by atoms with Crippen molar-refractivity contribution >= 4 is 5.97 Å². The molecular weight excluding hydrogens is 284 g/mol. The second-order valence-electron chi connectivity index (χ2n) is 6.49. The Labute approximate surface area is 144 Å². The number of rotatable bonds is 15. The molecule has 0 bridgehead atoms. The van der Waals surface area contributed by atoms with E-state index in [1.165, 1.54) is 52.1 Å². The molecule has 0 aliphatic rings. The summed E-state index contributed by atoms with van der Waals surface area (Å²) >= 11 is 0. The summed E-state index contributed by atoms with van der Waals surface area (Å²) in [6.07, 6.45) is 23.1. The van der Waals surface area contributed by atoms with Crippen LogP contribution in [0.3, 0.4) is 0 Å². The third-order valence-electron chi connectivity index (χ3n) is 4.33. The first-order chi connectivity index (χ1) is 11.2. The monoisotopic (exact) mass is 322 g/mol. The predicted octanol–water partition coefficient (Wildman–Crippen LogP) is 6.61. The van der Waals surface area contributed by atoms with Gasteiger partial charge < -0.3 is 4.74 Å². The molecule has 0 heterocycles. The number of methoxy groups -OCH3 is 1. The summed E-state index contributed by atoms with van der Waals surface area (Å²) in [7, 11) is 1.44. The molecule has 0 saturated carbocycles. The molecule has 0 rings (SSSR count). The Morgan fingerprint density at radius 3 is 2.04 bits per heavy atom. The highest BCUT2D eigenvalue weighted by Gasteiger charge is 1.98. The van der Waals surface area contributed by atoms with E-state index in [4.69, 9.17) is 0 Å². The van der Waals surface area contributed by atoms with Crippen LogP contribution >= 0.6 is 0 Å². The van der Waals surface area contributed by atoms with Crippen molar-refractivity contribution < 1.29 is 9.53 Å². The van der Waals surface area contributed by atoms with Gasteiger partial charge in [-0.15, -0.1) is 0 Å². The quantitative estimate of drug-likeness (QED) is 0.193. The normalized spacial score (nSPS) is 13.0. The minimum absolute atomic E-state index is 0.110. The van der Waals surface area contributed by atoms with Gasteiger partial charge in [0.1, 0.15) is 0 Å². The first kappa shape index (κ1) is 21.9. The number of esters is 1. The van der Waals surface area contributed by atoms with Crippen molar-refractivity contribution in [1.29, 1.82) is 0 Å². The zero-order valence-corrected chi connectivity index (χ0v) is 15.7. The first-order valence-corrected chi connectivity index (χ1v) is 9.57. The number of unbranched alkanes of at least 4 members (excludes halogenated alkanes) is 6. The molecule has 0 aliphatic carbocycles. The molecular formula is C21H38O2. The zero-order valence-electron chi connectivity index (χ0n) is 15.7. The fourth-order valence-corrected chi connectivity index (χ4v) is 2.44. The molecule has 0 aromatic rings. The molecule has 1 atom stereocenters. The number of carbonyl (C=O) groups is 1. The van der Waals surface area contributed by atoms with Crippen LogP contribution in [0.1, 0.15) is 90.9 Å². The van der Waals surface area contributed by atoms with Gasteiger partial charge in [0.05, 0.1) is 7.11 Å². The molecule has 0 amide bonds. The smallest absolute Gasteiger partial charge is 0.305 e. The second-order valence-corrected chi connectivity index (χ2v) is 6.49. The summed E-state index contributed by atoms with van der Waals surface area (Å²) in [6.45, 7) is 4.64. The Balaban J connectivity index is 3.27. The van der Waals surface area contributed by atoms with Gasteiger partial charge in [0.25, 0.3) is 0 Å². The third kappa shape index (κ3) is 17.1. The molecule has 0 aromatic carbocycles. The van der Waals surface area contributed by atoms with E-state index in [-0.39, 0.29) is 5.97 Å². The average Bonchev–Trinajstić information content (AvgIpc) is 2.57. The number of carbonyl (C=O) groups excluding carboxylic acids is 1. The molecule has 0 N–H and O–H groups in total. The summed E-state index contributed by atoms with van der Waals surface area (Å²) < 4.78 is 4.61. The lowest BCUT2D eigenvalue weighted by molar-refractivity contribution is -0.140. The van der Waals surface area contributed by atoms with E-state index >= 15 is 0 Å². The summed E-state index contributed by atoms with van der Waals surface area (Å²) in [6, 6.07) is 0. The lowest BCUT2D eigenvalue weighted by atomic mass is 10.00. The lowest BCUT2D eigenvalue weighted by Crippen LogP contribution is -1.98. The van der Waals surface area contributed by atoms with Crippen LogP contribution in [0.2, 0.25) is 0 Å². The topological polar surface area (TPSA) is 26.3 Å². The van der Waals surface area contributed by atoms with Gasteiger partial charge in [-0.2, -0.15) is 0 Å². The molecule has 134 valence electrons. The van der Waals surface area contributed by atoms with Crippen LogP contribution in [0.25, 0.3) is 0 Å². The summed E-state index contributed by atoms with van der Waals surface area (Å²) in [5.74, 6) is 0.796. The summed E-state index contributed by atoms with van der Waals surface area (Å²) in [4.78, 5) is 10.9. The number of hydrogen-bond donors (Lipinski definition) is 0. The van der Waals surface area contributed by atoms with Gasteiger partial charge in [0.2, 0.25) is 0 Å². The van der Waals surface area contributed by atoms with Gasteiger partial charge in [0, 0.05) is 6.42 Å². The highest BCUT2D eigenvalue weighted by atomic mass is 16.5. The molecule has 0 unspecified atom stereocenters. The van der Waals surface area contributed by atoms with E-state index in [2.05, 4.69) is 42.9 Å².